The summed E-state index contributed by atoms with van der Waals surface area (Å²) in [7, 11) is 0. The van der Waals surface area contributed by atoms with Crippen molar-refractivity contribution < 1.29 is 24.5 Å². The summed E-state index contributed by atoms with van der Waals surface area (Å²) in [5.74, 6) is 0.697. The van der Waals surface area contributed by atoms with Crippen molar-refractivity contribution in [3.63, 3.8) is 0 Å². The molecule has 5 heteroatoms. The Morgan fingerprint density at radius 1 is 1.15 bits per heavy atom. The summed E-state index contributed by atoms with van der Waals surface area (Å²) in [6.45, 7) is 12.9. The number of ether oxygens (including phenoxy) is 2. The maximum Gasteiger partial charge on any atom is 0.309 e. The number of esters is 1. The van der Waals surface area contributed by atoms with Crippen LogP contribution >= 0.6 is 0 Å². The van der Waals surface area contributed by atoms with E-state index < -0.39 is 12.2 Å². The van der Waals surface area contributed by atoms with Crippen LogP contribution in [-0.4, -0.2) is 47.2 Å². The lowest BCUT2D eigenvalue weighted by molar-refractivity contribution is -0.155. The topological polar surface area (TPSA) is 76.0 Å². The van der Waals surface area contributed by atoms with E-state index >= 15 is 0 Å². The van der Waals surface area contributed by atoms with Gasteiger partial charge in [-0.05, 0) is 62.2 Å². The molecule has 7 atom stereocenters. The van der Waals surface area contributed by atoms with Crippen molar-refractivity contribution in [2.45, 2.75) is 91.5 Å². The standard InChI is InChI=1S/C22H40O5/c1-7-22(6,27-11-10-26-20(25)14(2)21(3,4)5)13-16-9-8-15-12-17(23)19(24)18(15)16/h14-19,23-24H,7-13H2,1-6H3. The number of hydrogen-bond donors (Lipinski definition) is 2. The fraction of sp³-hybridized carbons (Fsp3) is 0.955. The lowest BCUT2D eigenvalue weighted by atomic mass is 9.81. The van der Waals surface area contributed by atoms with Crippen molar-refractivity contribution in [1.82, 2.24) is 0 Å². The van der Waals surface area contributed by atoms with Gasteiger partial charge in [-0.15, -0.1) is 0 Å². The highest BCUT2D eigenvalue weighted by Gasteiger charge is 2.50. The van der Waals surface area contributed by atoms with E-state index in [2.05, 4.69) is 13.8 Å². The molecule has 0 amide bonds. The number of carbonyl (C=O) groups excluding carboxylic acids is 1. The summed E-state index contributed by atoms with van der Waals surface area (Å²) in [6, 6.07) is 0. The van der Waals surface area contributed by atoms with Gasteiger partial charge in [-0.1, -0.05) is 34.6 Å². The number of carbonyl (C=O) groups is 1. The van der Waals surface area contributed by atoms with Crippen LogP contribution in [0.25, 0.3) is 0 Å². The molecule has 2 N–H and O–H groups in total. The third-order valence-electron chi connectivity index (χ3n) is 7.20. The normalized spacial score (nSPS) is 34.1. The quantitative estimate of drug-likeness (QED) is 0.494. The van der Waals surface area contributed by atoms with Crippen molar-refractivity contribution in [1.29, 1.82) is 0 Å². The van der Waals surface area contributed by atoms with Gasteiger partial charge in [-0.2, -0.15) is 0 Å². The molecule has 0 saturated heterocycles. The first-order chi connectivity index (χ1) is 12.5. The number of aliphatic hydroxyl groups is 2. The molecule has 0 aromatic rings. The van der Waals surface area contributed by atoms with Crippen LogP contribution in [-0.2, 0) is 14.3 Å². The minimum atomic E-state index is -0.594. The average Bonchev–Trinajstić information content (AvgIpc) is 3.10. The van der Waals surface area contributed by atoms with Gasteiger partial charge in [0, 0.05) is 0 Å². The smallest absolute Gasteiger partial charge is 0.309 e. The van der Waals surface area contributed by atoms with Crippen LogP contribution < -0.4 is 0 Å². The molecule has 2 fully saturated rings. The van der Waals surface area contributed by atoms with Crippen LogP contribution in [0.15, 0.2) is 0 Å². The first-order valence-electron chi connectivity index (χ1n) is 10.6. The highest BCUT2D eigenvalue weighted by molar-refractivity contribution is 5.72. The second-order valence-corrected chi connectivity index (χ2v) is 10.1. The fourth-order valence-corrected chi connectivity index (χ4v) is 4.74. The van der Waals surface area contributed by atoms with E-state index in [4.69, 9.17) is 9.47 Å². The zero-order valence-electron chi connectivity index (χ0n) is 18.0. The van der Waals surface area contributed by atoms with Crippen molar-refractivity contribution in [2.75, 3.05) is 13.2 Å². The van der Waals surface area contributed by atoms with Gasteiger partial charge in [-0.25, -0.2) is 0 Å². The predicted molar refractivity (Wildman–Crippen MR) is 105 cm³/mol. The Kier molecular flexibility index (Phi) is 7.37. The average molecular weight is 385 g/mol. The maximum absolute atomic E-state index is 12.1. The second-order valence-electron chi connectivity index (χ2n) is 10.1. The Hall–Kier alpha value is -0.650. The molecule has 0 spiro atoms. The Labute approximate surface area is 164 Å². The maximum atomic E-state index is 12.1. The Morgan fingerprint density at radius 3 is 2.41 bits per heavy atom. The summed E-state index contributed by atoms with van der Waals surface area (Å²) in [6.07, 6.45) is 3.49. The molecule has 0 heterocycles. The lowest BCUT2D eigenvalue weighted by Crippen LogP contribution is -2.37. The van der Waals surface area contributed by atoms with Crippen molar-refractivity contribution in [2.24, 2.45) is 29.1 Å². The van der Waals surface area contributed by atoms with Crippen molar-refractivity contribution in [3.05, 3.63) is 0 Å². The molecule has 0 aliphatic heterocycles. The van der Waals surface area contributed by atoms with Crippen LogP contribution in [0.5, 0.6) is 0 Å². The summed E-state index contributed by atoms with van der Waals surface area (Å²) in [5.41, 5.74) is -0.406. The molecule has 27 heavy (non-hydrogen) atoms. The highest BCUT2D eigenvalue weighted by atomic mass is 16.6. The van der Waals surface area contributed by atoms with E-state index in [-0.39, 0.29) is 35.4 Å². The van der Waals surface area contributed by atoms with E-state index in [9.17, 15) is 15.0 Å². The zero-order chi connectivity index (χ0) is 20.4. The van der Waals surface area contributed by atoms with Gasteiger partial charge in [0.05, 0.1) is 30.3 Å². The second kappa shape index (κ2) is 8.79. The Morgan fingerprint density at radius 2 is 1.81 bits per heavy atom. The van der Waals surface area contributed by atoms with Gasteiger partial charge >= 0.3 is 5.97 Å². The van der Waals surface area contributed by atoms with E-state index in [1.807, 2.05) is 27.7 Å². The lowest BCUT2D eigenvalue weighted by Gasteiger charge is -2.34. The molecule has 2 rings (SSSR count). The number of aliphatic hydroxyl groups excluding tert-OH is 2. The minimum absolute atomic E-state index is 0.110. The van der Waals surface area contributed by atoms with Gasteiger partial charge in [0.2, 0.25) is 0 Å². The van der Waals surface area contributed by atoms with Crippen LogP contribution in [0, 0.1) is 29.1 Å². The third-order valence-corrected chi connectivity index (χ3v) is 7.20. The van der Waals surface area contributed by atoms with E-state index in [1.54, 1.807) is 0 Å². The highest BCUT2D eigenvalue weighted by Crippen LogP contribution is 2.50. The summed E-state index contributed by atoms with van der Waals surface area (Å²) >= 11 is 0. The van der Waals surface area contributed by atoms with Gasteiger partial charge < -0.3 is 19.7 Å². The van der Waals surface area contributed by atoms with Gasteiger partial charge in [0.15, 0.2) is 0 Å². The molecule has 7 unspecified atom stereocenters. The number of hydrogen-bond acceptors (Lipinski definition) is 5. The van der Waals surface area contributed by atoms with Gasteiger partial charge in [0.25, 0.3) is 0 Å². The monoisotopic (exact) mass is 384 g/mol. The molecular weight excluding hydrogens is 344 g/mol. The molecule has 2 saturated carbocycles. The van der Waals surface area contributed by atoms with Crippen molar-refractivity contribution in [3.8, 4) is 0 Å². The van der Waals surface area contributed by atoms with Crippen LogP contribution in [0.1, 0.15) is 73.6 Å². The first kappa shape index (κ1) is 22.6. The molecule has 0 radical (unpaired) electrons. The van der Waals surface area contributed by atoms with Gasteiger partial charge in [0.1, 0.15) is 6.61 Å². The molecule has 2 aliphatic rings. The zero-order valence-corrected chi connectivity index (χ0v) is 18.0. The summed E-state index contributed by atoms with van der Waals surface area (Å²) in [5, 5.41) is 20.3. The summed E-state index contributed by atoms with van der Waals surface area (Å²) < 4.78 is 11.5. The molecule has 158 valence electrons. The fourth-order valence-electron chi connectivity index (χ4n) is 4.74. The SMILES string of the molecule is CCC(C)(CC1CCC2CC(O)C(O)C21)OCCOC(=O)C(C)C(C)(C)C. The third kappa shape index (κ3) is 5.45. The Balaban J connectivity index is 1.81. The van der Waals surface area contributed by atoms with E-state index in [0.717, 1.165) is 32.1 Å². The summed E-state index contributed by atoms with van der Waals surface area (Å²) in [4.78, 5) is 12.1. The van der Waals surface area contributed by atoms with Crippen LogP contribution in [0.3, 0.4) is 0 Å². The van der Waals surface area contributed by atoms with Gasteiger partial charge in [-0.3, -0.25) is 4.79 Å². The molecule has 0 bridgehead atoms. The molecule has 5 nitrogen and oxygen atoms in total. The number of rotatable bonds is 8. The van der Waals surface area contributed by atoms with Crippen molar-refractivity contribution >= 4 is 5.97 Å². The minimum Gasteiger partial charge on any atom is -0.463 e. The molecule has 0 aromatic carbocycles. The molecule has 0 aromatic heterocycles. The first-order valence-corrected chi connectivity index (χ1v) is 10.6. The van der Waals surface area contributed by atoms with E-state index in [0.29, 0.717) is 18.4 Å². The van der Waals surface area contributed by atoms with Crippen LogP contribution in [0.2, 0.25) is 0 Å². The molecular formula is C22H40O5. The number of fused-ring (bicyclic) bond motifs is 1. The largest absolute Gasteiger partial charge is 0.463 e. The molecule has 2 aliphatic carbocycles. The van der Waals surface area contributed by atoms with Crippen LogP contribution in [0.4, 0.5) is 0 Å². The predicted octanol–water partition coefficient (Wildman–Crippen LogP) is 3.56. The Bertz CT molecular complexity index is 497. The van der Waals surface area contributed by atoms with E-state index in [1.165, 1.54) is 0 Å².